The molecule has 1 unspecified atom stereocenters. The van der Waals surface area contributed by atoms with Crippen molar-refractivity contribution in [3.05, 3.63) is 0 Å². The average molecular weight is 271 g/mol. The van der Waals surface area contributed by atoms with Crippen LogP contribution in [0.1, 0.15) is 20.8 Å². The number of carbonyl (C=O) groups excluding carboxylic acids is 3. The van der Waals surface area contributed by atoms with E-state index in [1.54, 1.807) is 23.6 Å². The lowest BCUT2D eigenvalue weighted by Crippen LogP contribution is -2.55. The van der Waals surface area contributed by atoms with E-state index in [1.807, 2.05) is 0 Å². The van der Waals surface area contributed by atoms with Crippen LogP contribution < -0.4 is 5.32 Å². The van der Waals surface area contributed by atoms with Gasteiger partial charge in [-0.15, -0.1) is 0 Å². The van der Waals surface area contributed by atoms with Crippen LogP contribution in [0.25, 0.3) is 0 Å². The Balaban J connectivity index is 2.43. The second kappa shape index (κ2) is 6.96. The van der Waals surface area contributed by atoms with Gasteiger partial charge in [-0.1, -0.05) is 0 Å². The van der Waals surface area contributed by atoms with Crippen molar-refractivity contribution in [2.45, 2.75) is 26.8 Å². The molecule has 0 aromatic rings. The van der Waals surface area contributed by atoms with Gasteiger partial charge in [0.25, 0.3) is 0 Å². The standard InChI is InChI=1S/C12H21N3O4/c1-4-19-12(18)15-7-5-14(6-8-15)11(17)9(2)13-10(3)16/h9H,4-8H2,1-3H3,(H,13,16). The van der Waals surface area contributed by atoms with E-state index < -0.39 is 6.04 Å². The quantitative estimate of drug-likeness (QED) is 0.772. The second-order valence-corrected chi connectivity index (χ2v) is 4.43. The summed E-state index contributed by atoms with van der Waals surface area (Å²) in [5.74, 6) is -0.357. The number of nitrogens with zero attached hydrogens (tertiary/aromatic N) is 2. The third-order valence-corrected chi connectivity index (χ3v) is 2.91. The predicted molar refractivity (Wildman–Crippen MR) is 68.5 cm³/mol. The van der Waals surface area contributed by atoms with Crippen molar-refractivity contribution in [2.75, 3.05) is 32.8 Å². The maximum atomic E-state index is 12.0. The lowest BCUT2D eigenvalue weighted by atomic mass is 10.2. The molecule has 0 aromatic heterocycles. The molecule has 7 heteroatoms. The van der Waals surface area contributed by atoms with E-state index in [1.165, 1.54) is 6.92 Å². The van der Waals surface area contributed by atoms with Crippen LogP contribution in [0.4, 0.5) is 4.79 Å². The highest BCUT2D eigenvalue weighted by molar-refractivity contribution is 5.86. The fraction of sp³-hybridized carbons (Fsp3) is 0.750. The minimum Gasteiger partial charge on any atom is -0.450 e. The van der Waals surface area contributed by atoms with Crippen molar-refractivity contribution < 1.29 is 19.1 Å². The topological polar surface area (TPSA) is 79.0 Å². The molecule has 1 rings (SSSR count). The van der Waals surface area contributed by atoms with Crippen molar-refractivity contribution in [3.8, 4) is 0 Å². The monoisotopic (exact) mass is 271 g/mol. The first kappa shape index (κ1) is 15.3. The van der Waals surface area contributed by atoms with Crippen LogP contribution in [0.15, 0.2) is 0 Å². The Bertz CT molecular complexity index is 351. The smallest absolute Gasteiger partial charge is 0.409 e. The number of carbonyl (C=O) groups is 3. The van der Waals surface area contributed by atoms with Crippen LogP contribution in [0.5, 0.6) is 0 Å². The predicted octanol–water partition coefficient (Wildman–Crippen LogP) is -0.188. The van der Waals surface area contributed by atoms with Gasteiger partial charge in [0.2, 0.25) is 11.8 Å². The number of rotatable bonds is 3. The van der Waals surface area contributed by atoms with Gasteiger partial charge in [-0.2, -0.15) is 0 Å². The molecule has 0 saturated carbocycles. The van der Waals surface area contributed by atoms with Crippen LogP contribution in [0, 0.1) is 0 Å². The van der Waals surface area contributed by atoms with Gasteiger partial charge in [0.15, 0.2) is 0 Å². The highest BCUT2D eigenvalue weighted by Gasteiger charge is 2.27. The van der Waals surface area contributed by atoms with Crippen molar-refractivity contribution in [2.24, 2.45) is 0 Å². The van der Waals surface area contributed by atoms with Gasteiger partial charge in [-0.25, -0.2) is 4.79 Å². The van der Waals surface area contributed by atoms with Crippen LogP contribution in [0.2, 0.25) is 0 Å². The number of ether oxygens (including phenoxy) is 1. The Kier molecular flexibility index (Phi) is 5.59. The Morgan fingerprint density at radius 2 is 1.68 bits per heavy atom. The number of piperazine rings is 1. The lowest BCUT2D eigenvalue weighted by molar-refractivity contribution is -0.136. The van der Waals surface area contributed by atoms with E-state index in [-0.39, 0.29) is 17.9 Å². The van der Waals surface area contributed by atoms with Gasteiger partial charge >= 0.3 is 6.09 Å². The largest absolute Gasteiger partial charge is 0.450 e. The van der Waals surface area contributed by atoms with Crippen LogP contribution in [-0.4, -0.2) is 66.5 Å². The Labute approximate surface area is 112 Å². The molecule has 0 aromatic carbocycles. The van der Waals surface area contributed by atoms with Crippen molar-refractivity contribution in [1.82, 2.24) is 15.1 Å². The summed E-state index contributed by atoms with van der Waals surface area (Å²) in [5, 5.41) is 2.56. The van der Waals surface area contributed by atoms with Crippen LogP contribution >= 0.6 is 0 Å². The molecule has 7 nitrogen and oxygen atoms in total. The van der Waals surface area contributed by atoms with Crippen LogP contribution in [-0.2, 0) is 14.3 Å². The van der Waals surface area contributed by atoms with E-state index in [0.717, 1.165) is 0 Å². The fourth-order valence-electron chi connectivity index (χ4n) is 1.96. The maximum absolute atomic E-state index is 12.0. The summed E-state index contributed by atoms with van der Waals surface area (Å²) >= 11 is 0. The van der Waals surface area contributed by atoms with E-state index >= 15 is 0 Å². The molecular formula is C12H21N3O4. The van der Waals surface area contributed by atoms with Gasteiger partial charge < -0.3 is 19.9 Å². The van der Waals surface area contributed by atoms with Gasteiger partial charge in [0.1, 0.15) is 6.04 Å². The Morgan fingerprint density at radius 3 is 2.16 bits per heavy atom. The van der Waals surface area contributed by atoms with E-state index in [0.29, 0.717) is 32.8 Å². The summed E-state index contributed by atoms with van der Waals surface area (Å²) in [7, 11) is 0. The zero-order valence-electron chi connectivity index (χ0n) is 11.6. The fourth-order valence-corrected chi connectivity index (χ4v) is 1.96. The molecule has 1 atom stereocenters. The van der Waals surface area contributed by atoms with Gasteiger partial charge in [0.05, 0.1) is 6.61 Å². The zero-order chi connectivity index (χ0) is 14.4. The molecule has 19 heavy (non-hydrogen) atoms. The highest BCUT2D eigenvalue weighted by Crippen LogP contribution is 2.05. The molecule has 1 N–H and O–H groups in total. The summed E-state index contributed by atoms with van der Waals surface area (Å²) in [6.45, 7) is 6.96. The highest BCUT2D eigenvalue weighted by atomic mass is 16.6. The molecule has 1 heterocycles. The molecular weight excluding hydrogens is 250 g/mol. The van der Waals surface area contributed by atoms with E-state index in [9.17, 15) is 14.4 Å². The summed E-state index contributed by atoms with van der Waals surface area (Å²) in [6, 6.07) is -0.536. The molecule has 0 spiro atoms. The third-order valence-electron chi connectivity index (χ3n) is 2.91. The number of nitrogens with one attached hydrogen (secondary N) is 1. The first-order valence-electron chi connectivity index (χ1n) is 6.43. The van der Waals surface area contributed by atoms with Crippen molar-refractivity contribution in [3.63, 3.8) is 0 Å². The van der Waals surface area contributed by atoms with Gasteiger partial charge in [-0.3, -0.25) is 9.59 Å². The molecule has 108 valence electrons. The first-order chi connectivity index (χ1) is 8.95. The van der Waals surface area contributed by atoms with Crippen molar-refractivity contribution >= 4 is 17.9 Å². The molecule has 0 bridgehead atoms. The minimum absolute atomic E-state index is 0.126. The number of amides is 3. The number of hydrogen-bond donors (Lipinski definition) is 1. The molecule has 1 aliphatic rings. The molecule has 3 amide bonds. The Hall–Kier alpha value is -1.79. The van der Waals surface area contributed by atoms with E-state index in [4.69, 9.17) is 4.74 Å². The first-order valence-corrected chi connectivity index (χ1v) is 6.43. The summed E-state index contributed by atoms with van der Waals surface area (Å²) in [6.07, 6.45) is -0.343. The molecule has 1 aliphatic heterocycles. The minimum atomic E-state index is -0.536. The second-order valence-electron chi connectivity index (χ2n) is 4.43. The molecule has 1 saturated heterocycles. The van der Waals surface area contributed by atoms with E-state index in [2.05, 4.69) is 5.32 Å². The number of hydrogen-bond acceptors (Lipinski definition) is 4. The summed E-state index contributed by atoms with van der Waals surface area (Å²) in [4.78, 5) is 37.6. The molecule has 1 fully saturated rings. The third kappa shape index (κ3) is 4.42. The van der Waals surface area contributed by atoms with Crippen molar-refractivity contribution in [1.29, 1.82) is 0 Å². The van der Waals surface area contributed by atoms with Gasteiger partial charge in [-0.05, 0) is 13.8 Å². The molecule has 0 aliphatic carbocycles. The normalized spacial score (nSPS) is 16.8. The average Bonchev–Trinajstić information content (AvgIpc) is 2.37. The van der Waals surface area contributed by atoms with Gasteiger partial charge in [0, 0.05) is 33.1 Å². The van der Waals surface area contributed by atoms with Crippen LogP contribution in [0.3, 0.4) is 0 Å². The maximum Gasteiger partial charge on any atom is 0.409 e. The zero-order valence-corrected chi connectivity index (χ0v) is 11.6. The summed E-state index contributed by atoms with van der Waals surface area (Å²) in [5.41, 5.74) is 0. The summed E-state index contributed by atoms with van der Waals surface area (Å²) < 4.78 is 4.90. The SMILES string of the molecule is CCOC(=O)N1CCN(C(=O)C(C)NC(C)=O)CC1. The lowest BCUT2D eigenvalue weighted by Gasteiger charge is -2.35. The Morgan fingerprint density at radius 1 is 1.16 bits per heavy atom. The molecule has 0 radical (unpaired) electrons.